The van der Waals surface area contributed by atoms with Crippen molar-refractivity contribution in [1.29, 1.82) is 0 Å². The van der Waals surface area contributed by atoms with E-state index in [1.807, 2.05) is 24.3 Å². The molecule has 4 nitrogen and oxygen atoms in total. The van der Waals surface area contributed by atoms with Gasteiger partial charge in [-0.2, -0.15) is 0 Å². The van der Waals surface area contributed by atoms with Crippen LogP contribution in [0.2, 0.25) is 0 Å². The summed E-state index contributed by atoms with van der Waals surface area (Å²) in [5.74, 6) is 2.24. The van der Waals surface area contributed by atoms with Crippen LogP contribution in [0.1, 0.15) is 6.42 Å². The molecule has 1 aromatic rings. The lowest BCUT2D eigenvalue weighted by Crippen LogP contribution is -2.34. The molecule has 1 N–H and O–H groups in total. The van der Waals surface area contributed by atoms with Crippen LogP contribution in [0, 0.1) is 0 Å². The fourth-order valence-corrected chi connectivity index (χ4v) is 1.86. The molecule has 1 aromatic carbocycles. The summed E-state index contributed by atoms with van der Waals surface area (Å²) in [4.78, 5) is 0. The first kappa shape index (κ1) is 16.1. The first-order chi connectivity index (χ1) is 9.30. The molecule has 0 spiro atoms. The van der Waals surface area contributed by atoms with E-state index in [4.69, 9.17) is 25.8 Å². The summed E-state index contributed by atoms with van der Waals surface area (Å²) in [5, 5.41) is 3.34. The zero-order valence-electron chi connectivity index (χ0n) is 11.5. The lowest BCUT2D eigenvalue weighted by atomic mass is 10.2. The summed E-state index contributed by atoms with van der Waals surface area (Å²) in [5.41, 5.74) is 0. The average Bonchev–Trinajstić information content (AvgIpc) is 2.47. The van der Waals surface area contributed by atoms with Gasteiger partial charge in [-0.25, -0.2) is 0 Å². The lowest BCUT2D eigenvalue weighted by molar-refractivity contribution is 0.184. The Balaban J connectivity index is 2.18. The predicted octanol–water partition coefficient (Wildman–Crippen LogP) is 2.31. The normalized spacial score (nSPS) is 12.2. The first-order valence-electron chi connectivity index (χ1n) is 6.35. The topological polar surface area (TPSA) is 39.7 Å². The summed E-state index contributed by atoms with van der Waals surface area (Å²) in [6, 6.07) is 7.80. The number of benzene rings is 1. The number of methoxy groups -OCH3 is 2. The van der Waals surface area contributed by atoms with E-state index in [2.05, 4.69) is 5.32 Å². The monoisotopic (exact) mass is 287 g/mol. The molecule has 1 rings (SSSR count). The van der Waals surface area contributed by atoms with E-state index in [0.29, 0.717) is 19.1 Å². The van der Waals surface area contributed by atoms with Gasteiger partial charge in [0, 0.05) is 32.2 Å². The summed E-state index contributed by atoms with van der Waals surface area (Å²) < 4.78 is 15.7. The van der Waals surface area contributed by atoms with Gasteiger partial charge in [0.2, 0.25) is 0 Å². The van der Waals surface area contributed by atoms with Crippen molar-refractivity contribution in [2.24, 2.45) is 0 Å². The van der Waals surface area contributed by atoms with Crippen molar-refractivity contribution in [3.8, 4) is 11.5 Å². The van der Waals surface area contributed by atoms with Crippen molar-refractivity contribution < 1.29 is 14.2 Å². The van der Waals surface area contributed by atoms with E-state index < -0.39 is 0 Å². The largest absolute Gasteiger partial charge is 0.497 e. The van der Waals surface area contributed by atoms with Crippen molar-refractivity contribution in [2.45, 2.75) is 12.5 Å². The van der Waals surface area contributed by atoms with Crippen molar-refractivity contribution >= 4 is 11.6 Å². The van der Waals surface area contributed by atoms with E-state index >= 15 is 0 Å². The molecule has 0 bridgehead atoms. The Kier molecular flexibility index (Phi) is 8.38. The number of hydrogen-bond donors (Lipinski definition) is 1. The highest BCUT2D eigenvalue weighted by atomic mass is 35.5. The smallest absolute Gasteiger partial charge is 0.119 e. The fourth-order valence-electron chi connectivity index (χ4n) is 1.60. The van der Waals surface area contributed by atoms with E-state index in [-0.39, 0.29) is 6.04 Å². The number of ether oxygens (including phenoxy) is 3. The minimum atomic E-state index is 0.265. The number of alkyl halides is 1. The number of halogens is 1. The average molecular weight is 288 g/mol. The number of hydrogen-bond acceptors (Lipinski definition) is 4. The Bertz CT molecular complexity index is 332. The third-order valence-corrected chi connectivity index (χ3v) is 3.09. The number of nitrogens with one attached hydrogen (secondary N) is 1. The molecule has 0 aliphatic carbocycles. The third kappa shape index (κ3) is 6.66. The molecule has 0 fully saturated rings. The predicted molar refractivity (Wildman–Crippen MR) is 77.5 cm³/mol. The quantitative estimate of drug-likeness (QED) is 0.529. The molecular formula is C14H22ClNO3. The lowest BCUT2D eigenvalue weighted by Gasteiger charge is -2.15. The SMILES string of the molecule is COCCC(CCl)NCCOc1ccc(OC)cc1. The van der Waals surface area contributed by atoms with Gasteiger partial charge in [-0.15, -0.1) is 11.6 Å². The fraction of sp³-hybridized carbons (Fsp3) is 0.571. The van der Waals surface area contributed by atoms with Crippen molar-refractivity contribution in [3.63, 3.8) is 0 Å². The van der Waals surface area contributed by atoms with Gasteiger partial charge in [0.1, 0.15) is 18.1 Å². The van der Waals surface area contributed by atoms with Crippen LogP contribution in [0.4, 0.5) is 0 Å². The van der Waals surface area contributed by atoms with Crippen LogP contribution in [0.3, 0.4) is 0 Å². The van der Waals surface area contributed by atoms with Crippen molar-refractivity contribution in [2.75, 3.05) is 39.9 Å². The van der Waals surface area contributed by atoms with E-state index in [9.17, 15) is 0 Å². The second-order valence-corrected chi connectivity index (χ2v) is 4.42. The number of rotatable bonds is 10. The molecule has 0 aromatic heterocycles. The van der Waals surface area contributed by atoms with Crippen LogP contribution in [0.15, 0.2) is 24.3 Å². The van der Waals surface area contributed by atoms with E-state index in [1.54, 1.807) is 14.2 Å². The zero-order valence-corrected chi connectivity index (χ0v) is 12.3. The molecule has 0 amide bonds. The van der Waals surface area contributed by atoms with Crippen molar-refractivity contribution in [3.05, 3.63) is 24.3 Å². The molecule has 0 saturated heterocycles. The summed E-state index contributed by atoms with van der Waals surface area (Å²) in [6.45, 7) is 2.07. The highest BCUT2D eigenvalue weighted by Crippen LogP contribution is 2.16. The van der Waals surface area contributed by atoms with Crippen LogP contribution in [0.25, 0.3) is 0 Å². The van der Waals surface area contributed by atoms with Crippen LogP contribution in [-0.2, 0) is 4.74 Å². The van der Waals surface area contributed by atoms with Gasteiger partial charge in [0.25, 0.3) is 0 Å². The molecule has 0 heterocycles. The van der Waals surface area contributed by atoms with Crippen LogP contribution < -0.4 is 14.8 Å². The Hall–Kier alpha value is -0.970. The Morgan fingerprint density at radius 1 is 1.11 bits per heavy atom. The Labute approximate surface area is 120 Å². The summed E-state index contributed by atoms with van der Waals surface area (Å²) in [6.07, 6.45) is 0.905. The molecule has 1 atom stereocenters. The Morgan fingerprint density at radius 2 is 1.79 bits per heavy atom. The highest BCUT2D eigenvalue weighted by Gasteiger charge is 2.05. The van der Waals surface area contributed by atoms with Crippen LogP contribution in [-0.4, -0.2) is 45.9 Å². The zero-order chi connectivity index (χ0) is 13.9. The second kappa shape index (κ2) is 9.89. The minimum absolute atomic E-state index is 0.265. The second-order valence-electron chi connectivity index (χ2n) is 4.11. The molecule has 0 saturated carbocycles. The minimum Gasteiger partial charge on any atom is -0.497 e. The van der Waals surface area contributed by atoms with E-state index in [0.717, 1.165) is 24.5 Å². The summed E-state index contributed by atoms with van der Waals surface area (Å²) in [7, 11) is 3.34. The first-order valence-corrected chi connectivity index (χ1v) is 6.88. The highest BCUT2D eigenvalue weighted by molar-refractivity contribution is 6.18. The molecule has 108 valence electrons. The molecule has 0 radical (unpaired) electrons. The van der Waals surface area contributed by atoms with Gasteiger partial charge in [-0.1, -0.05) is 0 Å². The van der Waals surface area contributed by atoms with E-state index in [1.165, 1.54) is 0 Å². The van der Waals surface area contributed by atoms with Gasteiger partial charge in [-0.05, 0) is 30.7 Å². The maximum atomic E-state index is 5.86. The van der Waals surface area contributed by atoms with Crippen LogP contribution >= 0.6 is 11.6 Å². The molecule has 1 unspecified atom stereocenters. The van der Waals surface area contributed by atoms with Gasteiger partial charge in [0.05, 0.1) is 7.11 Å². The van der Waals surface area contributed by atoms with Gasteiger partial charge < -0.3 is 19.5 Å². The molecular weight excluding hydrogens is 266 g/mol. The van der Waals surface area contributed by atoms with Crippen LogP contribution in [0.5, 0.6) is 11.5 Å². The molecule has 0 aliphatic rings. The third-order valence-electron chi connectivity index (χ3n) is 2.72. The van der Waals surface area contributed by atoms with Crippen molar-refractivity contribution in [1.82, 2.24) is 5.32 Å². The standard InChI is InChI=1S/C14H22ClNO3/c1-17-9-7-12(11-15)16-8-10-19-14-5-3-13(18-2)4-6-14/h3-6,12,16H,7-11H2,1-2H3. The summed E-state index contributed by atoms with van der Waals surface area (Å²) >= 11 is 5.86. The van der Waals surface area contributed by atoms with Gasteiger partial charge in [0.15, 0.2) is 0 Å². The molecule has 5 heteroatoms. The van der Waals surface area contributed by atoms with Gasteiger partial charge >= 0.3 is 0 Å². The van der Waals surface area contributed by atoms with Gasteiger partial charge in [-0.3, -0.25) is 0 Å². The maximum Gasteiger partial charge on any atom is 0.119 e. The molecule has 19 heavy (non-hydrogen) atoms. The molecule has 0 aliphatic heterocycles. The Morgan fingerprint density at radius 3 is 2.37 bits per heavy atom. The maximum absolute atomic E-state index is 5.86.